The van der Waals surface area contributed by atoms with Crippen molar-refractivity contribution in [2.45, 2.75) is 144 Å². The zero-order valence-electron chi connectivity index (χ0n) is 55.0. The van der Waals surface area contributed by atoms with Crippen LogP contribution in [-0.4, -0.2) is 66.2 Å². The maximum absolute atomic E-state index is 14.9. The van der Waals surface area contributed by atoms with E-state index in [2.05, 4.69) is 219 Å². The lowest BCUT2D eigenvalue weighted by Crippen LogP contribution is -2.56. The third kappa shape index (κ3) is 16.0. The average Bonchev–Trinajstić information content (AvgIpc) is 1.55. The molecule has 1 fully saturated rings. The Kier molecular flexibility index (Phi) is 23.8. The third-order valence-electron chi connectivity index (χ3n) is 17.5. The highest BCUT2D eigenvalue weighted by atomic mass is 32.1. The van der Waals surface area contributed by atoms with Crippen LogP contribution in [-0.2, 0) is 9.59 Å². The van der Waals surface area contributed by atoms with Gasteiger partial charge >= 0.3 is 0 Å². The Balaban J connectivity index is 0.976. The van der Waals surface area contributed by atoms with E-state index in [-0.39, 0.29) is 22.5 Å². The van der Waals surface area contributed by atoms with Gasteiger partial charge in [0.05, 0.1) is 26.4 Å². The van der Waals surface area contributed by atoms with Crippen LogP contribution in [0.3, 0.4) is 0 Å². The first-order valence-electron chi connectivity index (χ1n) is 34.1. The molecule has 0 spiro atoms. The molecule has 10 nitrogen and oxygen atoms in total. The molecule has 1 aliphatic heterocycles. The Bertz CT molecular complexity index is 3380. The monoisotopic (exact) mass is 1250 g/mol. The molecule has 11 heteroatoms. The average molecular weight is 1250 g/mol. The normalized spacial score (nSPS) is 12.7. The quantitative estimate of drug-likeness (QED) is 0.0169. The second-order valence-corrected chi connectivity index (χ2v) is 24.4. The fraction of sp³-hybridized carbons (Fsp3) is 0.346. The van der Waals surface area contributed by atoms with Crippen LogP contribution in [0.15, 0.2) is 188 Å². The van der Waals surface area contributed by atoms with E-state index in [1.54, 1.807) is 9.80 Å². The largest absolute Gasteiger partial charge is 0.494 e. The van der Waals surface area contributed by atoms with Gasteiger partial charge in [-0.3, -0.25) is 19.4 Å². The van der Waals surface area contributed by atoms with E-state index in [0.717, 1.165) is 153 Å². The number of anilines is 6. The number of unbranched alkanes of at least 4 members (excludes halogenated alkanes) is 12. The summed E-state index contributed by atoms with van der Waals surface area (Å²) in [6.07, 6.45) is 18.4. The minimum absolute atomic E-state index is 0.121. The predicted molar refractivity (Wildman–Crippen MR) is 384 cm³/mol. The third-order valence-corrected chi connectivity index (χ3v) is 17.9. The van der Waals surface area contributed by atoms with Gasteiger partial charge in [-0.1, -0.05) is 153 Å². The van der Waals surface area contributed by atoms with E-state index < -0.39 is 0 Å². The molecule has 478 valence electrons. The second-order valence-electron chi connectivity index (χ2n) is 24.0. The molecule has 0 radical (unpaired) electrons. The number of hydrogen-bond acceptors (Lipinski definition) is 9. The zero-order valence-corrected chi connectivity index (χ0v) is 55.8. The van der Waals surface area contributed by atoms with Crippen LogP contribution in [0.5, 0.6) is 23.0 Å². The van der Waals surface area contributed by atoms with Crippen molar-refractivity contribution in [1.29, 1.82) is 0 Å². The molecule has 8 aromatic carbocycles. The van der Waals surface area contributed by atoms with Crippen molar-refractivity contribution in [2.24, 2.45) is 0 Å². The van der Waals surface area contributed by atoms with Crippen LogP contribution in [0.2, 0.25) is 0 Å². The van der Waals surface area contributed by atoms with Crippen molar-refractivity contribution in [3.8, 4) is 56.4 Å². The Labute approximate surface area is 552 Å². The molecule has 2 amide bonds. The highest BCUT2D eigenvalue weighted by Crippen LogP contribution is 2.50. The predicted octanol–water partition coefficient (Wildman–Crippen LogP) is 21.6. The number of likely N-dealkylation sites (N-methyl/N-ethyl adjacent to an activating group) is 2. The number of ether oxygens (including phenoxy) is 4. The topological polar surface area (TPSA) is 84.0 Å². The zero-order chi connectivity index (χ0) is 64.2. The number of fused-ring (bicyclic) bond motifs is 3. The molecular weight excluding hydrogens is 1160 g/mol. The SMILES string of the molecule is CCCCCCOc1ccc(N(c2ccc(OCCCCCC)cc2)c2ccc(-c3ccc4c(c3)C(=C3C(=O)N(CC)C(=S)N(CC)C3=O)c3cc(-c5ccc(N(c6ccc(OCCCCCC)cc6)c6ccc(OCCCCCC)cc6)cc5)ccc3-4)cc2)cc1. The number of hydrogen-bond donors (Lipinski definition) is 0. The number of thiocarbonyl (C=S) groups is 1. The van der Waals surface area contributed by atoms with Gasteiger partial charge in [-0.2, -0.15) is 0 Å². The lowest BCUT2D eigenvalue weighted by Gasteiger charge is -2.36. The molecule has 1 aliphatic carbocycles. The van der Waals surface area contributed by atoms with Crippen molar-refractivity contribution < 1.29 is 28.5 Å². The van der Waals surface area contributed by atoms with E-state index >= 15 is 0 Å². The first-order chi connectivity index (χ1) is 45.2. The lowest BCUT2D eigenvalue weighted by atomic mass is 9.91. The minimum Gasteiger partial charge on any atom is -0.494 e. The lowest BCUT2D eigenvalue weighted by molar-refractivity contribution is -0.133. The van der Waals surface area contributed by atoms with E-state index in [1.807, 2.05) is 13.8 Å². The van der Waals surface area contributed by atoms with Gasteiger partial charge in [0.25, 0.3) is 11.8 Å². The molecule has 0 saturated carbocycles. The van der Waals surface area contributed by atoms with Gasteiger partial charge < -0.3 is 28.7 Å². The Morgan fingerprint density at radius 3 is 0.826 bits per heavy atom. The standard InChI is InChI=1S/C81H92N4O6S/c1-7-13-17-21-53-88-69-43-35-65(36-44-69)84(66-37-45-70(46-38-66)89-54-22-18-14-8-2)63-31-25-59(26-32-63)61-29-51-73-74-52-30-62(58-76(74)77(75(73)57-61)78-79(86)82(11-5)81(92)83(12-6)80(78)87)60-27-33-64(34-28-60)85(67-39-47-71(48-40-67)90-55-23-19-15-9-3)68-41-49-72(50-42-68)91-56-24-20-16-10-4/h25-52,57-58H,7-24,53-56H2,1-6H3. The minimum atomic E-state index is -0.387. The van der Waals surface area contributed by atoms with Crippen LogP contribution in [0.25, 0.3) is 39.0 Å². The number of carbonyl (C=O) groups excluding carboxylic acids is 2. The highest BCUT2D eigenvalue weighted by molar-refractivity contribution is 7.80. The van der Waals surface area contributed by atoms with Crippen LogP contribution in [0.4, 0.5) is 34.1 Å². The van der Waals surface area contributed by atoms with Gasteiger partial charge in [0, 0.05) is 52.8 Å². The maximum Gasteiger partial charge on any atom is 0.266 e. The van der Waals surface area contributed by atoms with Gasteiger partial charge in [-0.25, -0.2) is 0 Å². The fourth-order valence-electron chi connectivity index (χ4n) is 12.3. The molecular formula is C81H92N4O6S. The molecule has 92 heavy (non-hydrogen) atoms. The summed E-state index contributed by atoms with van der Waals surface area (Å²) < 4.78 is 24.7. The summed E-state index contributed by atoms with van der Waals surface area (Å²) in [4.78, 5) is 37.5. The van der Waals surface area contributed by atoms with E-state index in [0.29, 0.717) is 45.1 Å². The van der Waals surface area contributed by atoms with Gasteiger partial charge in [-0.15, -0.1) is 0 Å². The summed E-state index contributed by atoms with van der Waals surface area (Å²) in [6, 6.07) is 63.5. The van der Waals surface area contributed by atoms with Crippen molar-refractivity contribution >= 4 is 68.8 Å². The number of benzene rings is 8. The first kappa shape index (κ1) is 66.3. The van der Waals surface area contributed by atoms with Crippen LogP contribution in [0, 0.1) is 0 Å². The van der Waals surface area contributed by atoms with E-state index in [9.17, 15) is 9.59 Å². The number of rotatable bonds is 34. The first-order valence-corrected chi connectivity index (χ1v) is 34.5. The van der Waals surface area contributed by atoms with Crippen molar-refractivity contribution in [3.05, 3.63) is 199 Å². The van der Waals surface area contributed by atoms with Crippen LogP contribution >= 0.6 is 12.2 Å². The van der Waals surface area contributed by atoms with Gasteiger partial charge in [0.1, 0.15) is 28.6 Å². The van der Waals surface area contributed by atoms with Crippen LogP contribution < -0.4 is 28.7 Å². The summed E-state index contributed by atoms with van der Waals surface area (Å²) in [7, 11) is 0. The molecule has 0 unspecified atom stereocenters. The molecule has 0 atom stereocenters. The molecule has 0 bridgehead atoms. The molecule has 10 rings (SSSR count). The number of carbonyl (C=O) groups is 2. The number of nitrogens with zero attached hydrogens (tertiary/aromatic N) is 4. The Hall–Kier alpha value is -8.67. The molecule has 0 N–H and O–H groups in total. The van der Waals surface area contributed by atoms with Crippen LogP contribution in [0.1, 0.15) is 155 Å². The highest BCUT2D eigenvalue weighted by Gasteiger charge is 2.42. The molecule has 2 aliphatic rings. The van der Waals surface area contributed by atoms with Gasteiger partial charge in [0.2, 0.25) is 0 Å². The van der Waals surface area contributed by atoms with Crippen molar-refractivity contribution in [3.63, 3.8) is 0 Å². The fourth-order valence-corrected chi connectivity index (χ4v) is 12.8. The van der Waals surface area contributed by atoms with Crippen molar-refractivity contribution in [2.75, 3.05) is 49.3 Å². The smallest absolute Gasteiger partial charge is 0.266 e. The van der Waals surface area contributed by atoms with E-state index in [4.69, 9.17) is 31.2 Å². The summed E-state index contributed by atoms with van der Waals surface area (Å²) in [5.41, 5.74) is 14.1. The second kappa shape index (κ2) is 33.1. The molecule has 0 aromatic heterocycles. The molecule has 1 heterocycles. The van der Waals surface area contributed by atoms with Crippen molar-refractivity contribution in [1.82, 2.24) is 9.80 Å². The van der Waals surface area contributed by atoms with Gasteiger partial charge in [-0.05, 0) is 230 Å². The summed E-state index contributed by atoms with van der Waals surface area (Å²) >= 11 is 5.82. The summed E-state index contributed by atoms with van der Waals surface area (Å²) in [5, 5.41) is 0.229. The summed E-state index contributed by atoms with van der Waals surface area (Å²) in [6.45, 7) is 16.1. The van der Waals surface area contributed by atoms with E-state index in [1.165, 1.54) is 51.4 Å². The maximum atomic E-state index is 14.9. The molecule has 1 saturated heterocycles. The number of amides is 2. The van der Waals surface area contributed by atoms with Gasteiger partial charge in [0.15, 0.2) is 5.11 Å². The Morgan fingerprint density at radius 2 is 0.565 bits per heavy atom. The summed E-state index contributed by atoms with van der Waals surface area (Å²) in [5.74, 6) is 2.64. The Morgan fingerprint density at radius 1 is 0.304 bits per heavy atom. The molecule has 8 aromatic rings.